The number of amides is 1. The molecule has 1 amide bonds. The molecule has 2 aliphatic rings. The molecule has 0 heterocycles. The van der Waals surface area contributed by atoms with Crippen molar-refractivity contribution in [3.8, 4) is 0 Å². The second-order valence-electron chi connectivity index (χ2n) is 6.83. The lowest BCUT2D eigenvalue weighted by Gasteiger charge is -2.35. The normalized spacial score (nSPS) is 25.4. The Morgan fingerprint density at radius 3 is 2.25 bits per heavy atom. The van der Waals surface area contributed by atoms with Crippen molar-refractivity contribution in [2.24, 2.45) is 21.7 Å². The van der Waals surface area contributed by atoms with E-state index in [1.165, 1.54) is 25.7 Å². The van der Waals surface area contributed by atoms with E-state index in [1.54, 1.807) is 0 Å². The summed E-state index contributed by atoms with van der Waals surface area (Å²) >= 11 is 0. The van der Waals surface area contributed by atoms with Gasteiger partial charge in [0.25, 0.3) is 0 Å². The first kappa shape index (κ1) is 15.1. The van der Waals surface area contributed by atoms with Gasteiger partial charge < -0.3 is 16.3 Å². The number of carbonyl (C=O) groups excluding carboxylic acids is 1. The van der Waals surface area contributed by atoms with Gasteiger partial charge in [0.15, 0.2) is 5.84 Å². The molecule has 0 unspecified atom stereocenters. The zero-order valence-electron chi connectivity index (χ0n) is 12.5. The van der Waals surface area contributed by atoms with Crippen LogP contribution in [0.2, 0.25) is 0 Å². The first-order chi connectivity index (χ1) is 9.52. The monoisotopic (exact) mass is 281 g/mol. The van der Waals surface area contributed by atoms with Gasteiger partial charge in [0.05, 0.1) is 0 Å². The van der Waals surface area contributed by atoms with Crippen LogP contribution in [0, 0.1) is 10.8 Å². The van der Waals surface area contributed by atoms with Gasteiger partial charge in [-0.05, 0) is 31.1 Å². The standard InChI is InChI=1S/C15H27N3O2/c1-14(7-5-6-8-14)11-17-13(19)15(12(16)18-20)9-3-2-4-10-15/h20H,2-11H2,1H3,(H2,16,18)(H,17,19). The minimum Gasteiger partial charge on any atom is -0.409 e. The van der Waals surface area contributed by atoms with E-state index in [4.69, 9.17) is 10.9 Å². The highest BCUT2D eigenvalue weighted by molar-refractivity contribution is 6.06. The van der Waals surface area contributed by atoms with Gasteiger partial charge in [-0.15, -0.1) is 0 Å². The van der Waals surface area contributed by atoms with Crippen LogP contribution in [0.3, 0.4) is 0 Å². The van der Waals surface area contributed by atoms with Gasteiger partial charge in [-0.25, -0.2) is 0 Å². The highest BCUT2D eigenvalue weighted by atomic mass is 16.4. The van der Waals surface area contributed by atoms with E-state index in [1.807, 2.05) is 0 Å². The topological polar surface area (TPSA) is 87.7 Å². The summed E-state index contributed by atoms with van der Waals surface area (Å²) in [6, 6.07) is 0. The van der Waals surface area contributed by atoms with E-state index in [9.17, 15) is 4.79 Å². The summed E-state index contributed by atoms with van der Waals surface area (Å²) in [5.41, 5.74) is 5.27. The van der Waals surface area contributed by atoms with Crippen molar-refractivity contribution in [2.75, 3.05) is 6.54 Å². The van der Waals surface area contributed by atoms with E-state index < -0.39 is 5.41 Å². The van der Waals surface area contributed by atoms with Crippen LogP contribution in [-0.2, 0) is 4.79 Å². The summed E-state index contributed by atoms with van der Waals surface area (Å²) in [5.74, 6) is 0.0203. The third-order valence-electron chi connectivity index (χ3n) is 5.23. The summed E-state index contributed by atoms with van der Waals surface area (Å²) in [5, 5.41) is 15.2. The van der Waals surface area contributed by atoms with Crippen molar-refractivity contribution in [1.82, 2.24) is 5.32 Å². The van der Waals surface area contributed by atoms with E-state index >= 15 is 0 Å². The predicted octanol–water partition coefficient (Wildman–Crippen LogP) is 2.38. The summed E-state index contributed by atoms with van der Waals surface area (Å²) in [7, 11) is 0. The van der Waals surface area contributed by atoms with Crippen LogP contribution in [0.5, 0.6) is 0 Å². The van der Waals surface area contributed by atoms with E-state index in [2.05, 4.69) is 17.4 Å². The molecule has 0 bridgehead atoms. The lowest BCUT2D eigenvalue weighted by atomic mass is 9.72. The van der Waals surface area contributed by atoms with Crippen LogP contribution >= 0.6 is 0 Å². The molecule has 0 saturated heterocycles. The molecule has 0 atom stereocenters. The van der Waals surface area contributed by atoms with Gasteiger partial charge in [0, 0.05) is 6.54 Å². The minimum absolute atomic E-state index is 0.0550. The Bertz CT molecular complexity index is 381. The van der Waals surface area contributed by atoms with Gasteiger partial charge in [-0.3, -0.25) is 4.79 Å². The largest absolute Gasteiger partial charge is 0.409 e. The molecule has 2 rings (SSSR count). The fourth-order valence-electron chi connectivity index (χ4n) is 3.72. The fourth-order valence-corrected chi connectivity index (χ4v) is 3.72. The third-order valence-corrected chi connectivity index (χ3v) is 5.23. The Hall–Kier alpha value is -1.26. The van der Waals surface area contributed by atoms with Crippen molar-refractivity contribution in [1.29, 1.82) is 0 Å². The summed E-state index contributed by atoms with van der Waals surface area (Å²) in [6.45, 7) is 2.93. The van der Waals surface area contributed by atoms with Crippen molar-refractivity contribution in [3.63, 3.8) is 0 Å². The van der Waals surface area contributed by atoms with E-state index in [0.29, 0.717) is 19.4 Å². The second kappa shape index (κ2) is 6.02. The Morgan fingerprint density at radius 2 is 1.70 bits per heavy atom. The van der Waals surface area contributed by atoms with Gasteiger partial charge in [-0.1, -0.05) is 44.2 Å². The van der Waals surface area contributed by atoms with Crippen LogP contribution in [0.25, 0.3) is 0 Å². The number of rotatable bonds is 4. The zero-order valence-corrected chi connectivity index (χ0v) is 12.5. The molecule has 0 spiro atoms. The molecule has 0 aromatic carbocycles. The lowest BCUT2D eigenvalue weighted by Crippen LogP contribution is -2.52. The van der Waals surface area contributed by atoms with Gasteiger partial charge in [0.2, 0.25) is 5.91 Å². The van der Waals surface area contributed by atoms with Crippen molar-refractivity contribution in [2.45, 2.75) is 64.7 Å². The molecule has 2 fully saturated rings. The summed E-state index contributed by atoms with van der Waals surface area (Å²) in [4.78, 5) is 12.6. The molecule has 5 nitrogen and oxygen atoms in total. The van der Waals surface area contributed by atoms with Gasteiger partial charge in [-0.2, -0.15) is 0 Å². The number of nitrogens with one attached hydrogen (secondary N) is 1. The maximum atomic E-state index is 12.6. The SMILES string of the molecule is CC1(CNC(=O)C2(C(N)=NO)CCCCC2)CCCC1. The Morgan fingerprint density at radius 1 is 1.15 bits per heavy atom. The Kier molecular flexibility index (Phi) is 4.55. The Labute approximate surface area is 121 Å². The molecule has 0 radical (unpaired) electrons. The maximum Gasteiger partial charge on any atom is 0.233 e. The van der Waals surface area contributed by atoms with Crippen LogP contribution in [0.1, 0.15) is 64.7 Å². The highest BCUT2D eigenvalue weighted by Crippen LogP contribution is 2.39. The summed E-state index contributed by atoms with van der Waals surface area (Å²) < 4.78 is 0. The molecule has 114 valence electrons. The quantitative estimate of drug-likeness (QED) is 0.320. The third kappa shape index (κ3) is 2.91. The molecule has 2 aliphatic carbocycles. The lowest BCUT2D eigenvalue weighted by molar-refractivity contribution is -0.129. The summed E-state index contributed by atoms with van der Waals surface area (Å²) in [6.07, 6.45) is 9.24. The second-order valence-corrected chi connectivity index (χ2v) is 6.83. The van der Waals surface area contributed by atoms with Crippen LogP contribution in [0.4, 0.5) is 0 Å². The van der Waals surface area contributed by atoms with Gasteiger partial charge >= 0.3 is 0 Å². The van der Waals surface area contributed by atoms with E-state index in [-0.39, 0.29) is 17.2 Å². The molecule has 2 saturated carbocycles. The molecule has 20 heavy (non-hydrogen) atoms. The first-order valence-electron chi connectivity index (χ1n) is 7.79. The minimum atomic E-state index is -0.790. The maximum absolute atomic E-state index is 12.6. The molecule has 0 aromatic rings. The fraction of sp³-hybridized carbons (Fsp3) is 0.867. The van der Waals surface area contributed by atoms with E-state index in [0.717, 1.165) is 19.3 Å². The van der Waals surface area contributed by atoms with Crippen molar-refractivity contribution < 1.29 is 10.0 Å². The number of carbonyl (C=O) groups is 1. The van der Waals surface area contributed by atoms with Gasteiger partial charge in [0.1, 0.15) is 5.41 Å². The van der Waals surface area contributed by atoms with Crippen molar-refractivity contribution >= 4 is 11.7 Å². The molecule has 5 heteroatoms. The smallest absolute Gasteiger partial charge is 0.233 e. The van der Waals surface area contributed by atoms with Crippen LogP contribution in [-0.4, -0.2) is 23.5 Å². The average Bonchev–Trinajstić information content (AvgIpc) is 2.91. The van der Waals surface area contributed by atoms with Crippen LogP contribution < -0.4 is 11.1 Å². The number of hydrogen-bond acceptors (Lipinski definition) is 3. The Balaban J connectivity index is 2.03. The number of amidine groups is 1. The first-order valence-corrected chi connectivity index (χ1v) is 7.79. The zero-order chi connectivity index (χ0) is 14.6. The molecular formula is C15H27N3O2. The van der Waals surface area contributed by atoms with Crippen LogP contribution in [0.15, 0.2) is 5.16 Å². The molecule has 0 aromatic heterocycles. The number of nitrogens with two attached hydrogens (primary N) is 1. The molecule has 4 N–H and O–H groups in total. The highest BCUT2D eigenvalue weighted by Gasteiger charge is 2.44. The van der Waals surface area contributed by atoms with Crippen molar-refractivity contribution in [3.05, 3.63) is 0 Å². The predicted molar refractivity (Wildman–Crippen MR) is 78.5 cm³/mol. The molecule has 0 aliphatic heterocycles. The molecular weight excluding hydrogens is 254 g/mol. The number of hydrogen-bond donors (Lipinski definition) is 3. The number of oxime groups is 1. The number of nitrogens with zero attached hydrogens (tertiary/aromatic N) is 1. The average molecular weight is 281 g/mol.